The van der Waals surface area contributed by atoms with Gasteiger partial charge in [-0.2, -0.15) is 10.1 Å². The fraction of sp³-hybridized carbons (Fsp3) is 0.250. The van der Waals surface area contributed by atoms with Crippen LogP contribution in [0.25, 0.3) is 21.2 Å². The van der Waals surface area contributed by atoms with E-state index in [0.717, 1.165) is 0 Å². The Bertz CT molecular complexity index is 1150. The van der Waals surface area contributed by atoms with Crippen molar-refractivity contribution < 1.29 is 9.53 Å². The third kappa shape index (κ3) is 3.50. The van der Waals surface area contributed by atoms with Crippen LogP contribution >= 0.6 is 38.6 Å². The largest absolute Gasteiger partial charge is 0.480 e. The summed E-state index contributed by atoms with van der Waals surface area (Å²) in [6.45, 7) is 3.98. The van der Waals surface area contributed by atoms with Gasteiger partial charge >= 0.3 is 0 Å². The predicted molar refractivity (Wildman–Crippen MR) is 111 cm³/mol. The van der Waals surface area contributed by atoms with E-state index in [9.17, 15) is 4.79 Å². The van der Waals surface area contributed by atoms with Crippen LogP contribution in [0.3, 0.4) is 0 Å². The Kier molecular flexibility index (Phi) is 5.08. The van der Waals surface area contributed by atoms with Crippen molar-refractivity contribution in [3.63, 3.8) is 0 Å². The third-order valence-electron chi connectivity index (χ3n) is 3.74. The van der Waals surface area contributed by atoms with Crippen LogP contribution in [-0.2, 0) is 0 Å². The van der Waals surface area contributed by atoms with Gasteiger partial charge in [0.15, 0.2) is 16.0 Å². The Morgan fingerprint density at radius 1 is 1.29 bits per heavy atom. The van der Waals surface area contributed by atoms with Crippen LogP contribution in [-0.4, -0.2) is 43.2 Å². The first-order valence-corrected chi connectivity index (χ1v) is 10.6. The van der Waals surface area contributed by atoms with Crippen LogP contribution < -0.4 is 10.1 Å². The zero-order chi connectivity index (χ0) is 19.8. The van der Waals surface area contributed by atoms with Gasteiger partial charge in [0.05, 0.1) is 17.3 Å². The number of methoxy groups -OCH3 is 1. The molecule has 4 heterocycles. The van der Waals surface area contributed by atoms with E-state index >= 15 is 0 Å². The molecule has 0 saturated heterocycles. The first-order valence-electron chi connectivity index (χ1n) is 8.15. The van der Waals surface area contributed by atoms with Crippen LogP contribution in [0.2, 0.25) is 0 Å². The summed E-state index contributed by atoms with van der Waals surface area (Å²) >= 11 is 5.93. The van der Waals surface area contributed by atoms with Crippen molar-refractivity contribution in [2.75, 3.05) is 12.4 Å². The van der Waals surface area contributed by atoms with Crippen molar-refractivity contribution >= 4 is 60.0 Å². The molecule has 28 heavy (non-hydrogen) atoms. The number of ether oxygens (including phenoxy) is 1. The number of nitrogens with one attached hydrogen (secondary N) is 2. The number of hydrogen-bond acceptors (Lipinski definition) is 9. The minimum Gasteiger partial charge on any atom is -0.480 e. The van der Waals surface area contributed by atoms with Gasteiger partial charge in [-0.3, -0.25) is 15.2 Å². The lowest BCUT2D eigenvalue weighted by atomic mass is 10.1. The lowest BCUT2D eigenvalue weighted by molar-refractivity contribution is 0.102. The highest BCUT2D eigenvalue weighted by Crippen LogP contribution is 2.33. The number of H-pyrrole nitrogens is 1. The van der Waals surface area contributed by atoms with Crippen molar-refractivity contribution in [3.05, 3.63) is 27.4 Å². The van der Waals surface area contributed by atoms with Crippen molar-refractivity contribution in [1.82, 2.24) is 30.1 Å². The molecular weight excluding hydrogens is 466 g/mol. The van der Waals surface area contributed by atoms with E-state index in [-0.39, 0.29) is 11.8 Å². The predicted octanol–water partition coefficient (Wildman–Crippen LogP) is 4.08. The normalized spacial score (nSPS) is 11.3. The number of anilines is 1. The monoisotopic (exact) mass is 479 g/mol. The van der Waals surface area contributed by atoms with Crippen molar-refractivity contribution in [3.8, 4) is 16.7 Å². The average Bonchev–Trinajstić information content (AvgIpc) is 3.39. The molecule has 9 nitrogen and oxygen atoms in total. The van der Waals surface area contributed by atoms with Crippen molar-refractivity contribution in [2.45, 2.75) is 19.8 Å². The van der Waals surface area contributed by atoms with Gasteiger partial charge < -0.3 is 4.74 Å². The summed E-state index contributed by atoms with van der Waals surface area (Å²) in [7, 11) is 1.55. The lowest BCUT2D eigenvalue weighted by Gasteiger charge is -2.04. The second-order valence-electron chi connectivity index (χ2n) is 6.00. The quantitative estimate of drug-likeness (QED) is 0.442. The number of hydrogen-bond donors (Lipinski definition) is 2. The first kappa shape index (κ1) is 18.9. The van der Waals surface area contributed by atoms with Gasteiger partial charge in [0, 0.05) is 0 Å². The van der Waals surface area contributed by atoms with Crippen LogP contribution in [0.5, 0.6) is 5.88 Å². The SMILES string of the molecule is COc1nc2sc(NC(=O)c3sc(-c4ncn[nH]4)nc3C(C)C)nc2cc1Br. The van der Waals surface area contributed by atoms with Crippen molar-refractivity contribution in [1.29, 1.82) is 0 Å². The Balaban J connectivity index is 1.66. The maximum Gasteiger partial charge on any atom is 0.269 e. The van der Waals surface area contributed by atoms with Crippen molar-refractivity contribution in [2.24, 2.45) is 0 Å². The number of halogens is 1. The van der Waals surface area contributed by atoms with Crippen LogP contribution in [0.15, 0.2) is 16.9 Å². The van der Waals surface area contributed by atoms with Gasteiger partial charge in [-0.25, -0.2) is 15.0 Å². The Morgan fingerprint density at radius 3 is 2.79 bits per heavy atom. The second kappa shape index (κ2) is 7.53. The molecule has 4 aromatic heterocycles. The van der Waals surface area contributed by atoms with Gasteiger partial charge in [0.1, 0.15) is 21.6 Å². The van der Waals surface area contributed by atoms with E-state index in [0.29, 0.717) is 47.2 Å². The molecule has 0 atom stereocenters. The fourth-order valence-corrected chi connectivity index (χ4v) is 4.81. The molecule has 0 aliphatic rings. The number of thiazole rings is 2. The molecule has 0 spiro atoms. The molecule has 0 fully saturated rings. The zero-order valence-electron chi connectivity index (χ0n) is 15.0. The summed E-state index contributed by atoms with van der Waals surface area (Å²) in [6.07, 6.45) is 1.41. The van der Waals surface area contributed by atoms with E-state index in [1.54, 1.807) is 7.11 Å². The third-order valence-corrected chi connectivity index (χ3v) is 6.27. The molecule has 4 rings (SSSR count). The number of rotatable bonds is 5. The summed E-state index contributed by atoms with van der Waals surface area (Å²) < 4.78 is 5.91. The van der Waals surface area contributed by atoms with Gasteiger partial charge in [-0.15, -0.1) is 11.3 Å². The fourth-order valence-electron chi connectivity index (χ4n) is 2.47. The number of nitrogens with zero attached hydrogens (tertiary/aromatic N) is 5. The van der Waals surface area contributed by atoms with E-state index in [2.05, 4.69) is 51.4 Å². The van der Waals surface area contributed by atoms with E-state index in [1.807, 2.05) is 19.9 Å². The minimum absolute atomic E-state index is 0.0749. The Hall–Kier alpha value is -2.44. The molecule has 0 radical (unpaired) electrons. The molecule has 4 aromatic rings. The molecule has 144 valence electrons. The Morgan fingerprint density at radius 2 is 2.11 bits per heavy atom. The molecular formula is C16H14BrN7O2S2. The number of carbonyl (C=O) groups excluding carboxylic acids is 1. The molecule has 2 N–H and O–H groups in total. The van der Waals surface area contributed by atoms with Gasteiger partial charge in [0.25, 0.3) is 5.91 Å². The molecule has 0 aliphatic heterocycles. The molecule has 0 saturated carbocycles. The van der Waals surface area contributed by atoms with Gasteiger partial charge in [-0.1, -0.05) is 25.2 Å². The molecule has 0 unspecified atom stereocenters. The summed E-state index contributed by atoms with van der Waals surface area (Å²) in [5, 5.41) is 10.5. The number of amides is 1. The topological polar surface area (TPSA) is 119 Å². The molecule has 0 aromatic carbocycles. The summed E-state index contributed by atoms with van der Waals surface area (Å²) in [4.78, 5) is 31.6. The summed E-state index contributed by atoms with van der Waals surface area (Å²) in [5.41, 5.74) is 1.38. The van der Waals surface area contributed by atoms with Crippen LogP contribution in [0.4, 0.5) is 5.13 Å². The molecule has 0 aliphatic carbocycles. The highest BCUT2D eigenvalue weighted by molar-refractivity contribution is 9.10. The highest BCUT2D eigenvalue weighted by Gasteiger charge is 2.23. The van der Waals surface area contributed by atoms with Crippen LogP contribution in [0.1, 0.15) is 35.1 Å². The maximum absolute atomic E-state index is 12.9. The maximum atomic E-state index is 12.9. The summed E-state index contributed by atoms with van der Waals surface area (Å²) in [5.74, 6) is 0.810. The molecule has 1 amide bonds. The Labute approximate surface area is 175 Å². The van der Waals surface area contributed by atoms with Gasteiger partial charge in [-0.05, 0) is 27.9 Å². The van der Waals surface area contributed by atoms with Crippen LogP contribution in [0, 0.1) is 0 Å². The molecule has 12 heteroatoms. The molecule has 0 bridgehead atoms. The zero-order valence-corrected chi connectivity index (χ0v) is 18.2. The number of carbonyl (C=O) groups is 1. The van der Waals surface area contributed by atoms with E-state index < -0.39 is 0 Å². The second-order valence-corrected chi connectivity index (χ2v) is 8.83. The average molecular weight is 480 g/mol. The summed E-state index contributed by atoms with van der Waals surface area (Å²) in [6, 6.07) is 1.81. The number of fused-ring (bicyclic) bond motifs is 1. The smallest absolute Gasteiger partial charge is 0.269 e. The highest BCUT2D eigenvalue weighted by atomic mass is 79.9. The number of pyridine rings is 1. The minimum atomic E-state index is -0.267. The number of aromatic nitrogens is 6. The first-order chi connectivity index (χ1) is 13.5. The van der Waals surface area contributed by atoms with Gasteiger partial charge in [0.2, 0.25) is 5.88 Å². The standard InChI is InChI=1S/C16H14BrN7O2S2/c1-6(2)9-10(27-15(21-9)11-18-5-19-24-11)12(25)22-16-20-8-4-7(17)13(26-3)23-14(8)28-16/h4-6H,1-3H3,(H,18,19,24)(H,20,22,25). The van der Waals surface area contributed by atoms with E-state index in [4.69, 9.17) is 4.74 Å². The number of aromatic amines is 1. The van der Waals surface area contributed by atoms with E-state index in [1.165, 1.54) is 29.0 Å². The lowest BCUT2D eigenvalue weighted by Crippen LogP contribution is -2.12.